The molecule has 0 radical (unpaired) electrons. The fraction of sp³-hybridized carbons (Fsp3) is 0.857. The van der Waals surface area contributed by atoms with E-state index in [0.29, 0.717) is 18.8 Å². The van der Waals surface area contributed by atoms with Crippen molar-refractivity contribution in [3.63, 3.8) is 0 Å². The van der Waals surface area contributed by atoms with Crippen molar-refractivity contribution in [3.8, 4) is 0 Å². The summed E-state index contributed by atoms with van der Waals surface area (Å²) in [6, 6.07) is -0.556. The van der Waals surface area contributed by atoms with Crippen molar-refractivity contribution in [2.45, 2.75) is 12.5 Å². The van der Waals surface area contributed by atoms with Crippen molar-refractivity contribution in [2.75, 3.05) is 26.1 Å². The molecule has 4 nitrogen and oxygen atoms in total. The second-order valence-electron chi connectivity index (χ2n) is 2.28. The maximum Gasteiger partial charge on any atom is 0.323 e. The van der Waals surface area contributed by atoms with Crippen molar-refractivity contribution >= 4 is 18.6 Å². The van der Waals surface area contributed by atoms with Gasteiger partial charge in [0.15, 0.2) is 0 Å². The van der Waals surface area contributed by atoms with E-state index in [4.69, 9.17) is 15.2 Å². The van der Waals surface area contributed by atoms with Crippen molar-refractivity contribution < 1.29 is 14.3 Å². The average molecular weight is 193 g/mol. The van der Waals surface area contributed by atoms with Gasteiger partial charge in [0, 0.05) is 7.11 Å². The normalized spacial score (nSPS) is 12.6. The van der Waals surface area contributed by atoms with Gasteiger partial charge in [0.2, 0.25) is 0 Å². The Morgan fingerprint density at radius 1 is 1.58 bits per heavy atom. The lowest BCUT2D eigenvalue weighted by Gasteiger charge is -2.09. The molecule has 0 spiro atoms. The Labute approximate surface area is 77.8 Å². The molecule has 0 saturated carbocycles. The van der Waals surface area contributed by atoms with Gasteiger partial charge in [0.25, 0.3) is 0 Å². The summed E-state index contributed by atoms with van der Waals surface area (Å²) < 4.78 is 9.47. The topological polar surface area (TPSA) is 61.5 Å². The minimum atomic E-state index is -0.556. The fourth-order valence-electron chi connectivity index (χ4n) is 0.590. The molecular weight excluding hydrogens is 178 g/mol. The summed E-state index contributed by atoms with van der Waals surface area (Å²) in [5.41, 5.74) is 5.45. The van der Waals surface area contributed by atoms with Gasteiger partial charge < -0.3 is 15.2 Å². The number of hydrogen-bond donors (Lipinski definition) is 2. The van der Waals surface area contributed by atoms with E-state index in [1.54, 1.807) is 7.11 Å². The van der Waals surface area contributed by atoms with Crippen LogP contribution in [0.3, 0.4) is 0 Å². The van der Waals surface area contributed by atoms with Crippen LogP contribution in [0.15, 0.2) is 0 Å². The zero-order chi connectivity index (χ0) is 9.40. The van der Waals surface area contributed by atoms with Crippen LogP contribution in [0.1, 0.15) is 6.42 Å². The quantitative estimate of drug-likeness (QED) is 0.349. The number of ether oxygens (including phenoxy) is 2. The molecule has 72 valence electrons. The average Bonchev–Trinajstić information content (AvgIpc) is 2.05. The van der Waals surface area contributed by atoms with E-state index >= 15 is 0 Å². The highest BCUT2D eigenvalue weighted by Crippen LogP contribution is 1.93. The minimum absolute atomic E-state index is 0.260. The van der Waals surface area contributed by atoms with Gasteiger partial charge in [-0.1, -0.05) is 0 Å². The molecule has 0 aliphatic rings. The molecule has 0 saturated heterocycles. The number of hydrogen-bond acceptors (Lipinski definition) is 5. The maximum absolute atomic E-state index is 11.0. The zero-order valence-corrected chi connectivity index (χ0v) is 8.05. The molecular formula is C7H15NO3S. The molecule has 0 aliphatic carbocycles. The van der Waals surface area contributed by atoms with Gasteiger partial charge in [-0.3, -0.25) is 4.79 Å². The van der Waals surface area contributed by atoms with Crippen LogP contribution in [-0.2, 0) is 14.3 Å². The highest BCUT2D eigenvalue weighted by molar-refractivity contribution is 7.80. The van der Waals surface area contributed by atoms with Crippen LogP contribution < -0.4 is 5.73 Å². The molecule has 0 amide bonds. The molecule has 1 atom stereocenters. The van der Waals surface area contributed by atoms with Crippen LogP contribution in [0.2, 0.25) is 0 Å². The lowest BCUT2D eigenvalue weighted by atomic mass is 10.2. The van der Waals surface area contributed by atoms with Crippen LogP contribution >= 0.6 is 12.6 Å². The van der Waals surface area contributed by atoms with Crippen LogP contribution in [0, 0.1) is 0 Å². The first-order valence-electron chi connectivity index (χ1n) is 3.74. The highest BCUT2D eigenvalue weighted by Gasteiger charge is 2.12. The predicted molar refractivity (Wildman–Crippen MR) is 49.3 cm³/mol. The standard InChI is InChI=1S/C7H15NO3S/c1-10-3-4-11-7(9)6(8)2-5-12/h6,12H,2-5,8H2,1H3. The lowest BCUT2D eigenvalue weighted by Crippen LogP contribution is -2.33. The summed E-state index contributed by atoms with van der Waals surface area (Å²) in [7, 11) is 1.54. The lowest BCUT2D eigenvalue weighted by molar-refractivity contribution is -0.146. The number of carbonyl (C=O) groups is 1. The van der Waals surface area contributed by atoms with Crippen molar-refractivity contribution in [1.82, 2.24) is 0 Å². The number of carbonyl (C=O) groups excluding carboxylic acids is 1. The molecule has 0 heterocycles. The van der Waals surface area contributed by atoms with Crippen LogP contribution in [0.4, 0.5) is 0 Å². The van der Waals surface area contributed by atoms with Gasteiger partial charge in [0.1, 0.15) is 12.6 Å². The van der Waals surface area contributed by atoms with Gasteiger partial charge >= 0.3 is 5.97 Å². The molecule has 5 heteroatoms. The van der Waals surface area contributed by atoms with Crippen LogP contribution in [0.5, 0.6) is 0 Å². The molecule has 0 aromatic rings. The van der Waals surface area contributed by atoms with E-state index < -0.39 is 6.04 Å². The number of methoxy groups -OCH3 is 1. The van der Waals surface area contributed by atoms with E-state index in [2.05, 4.69) is 12.6 Å². The minimum Gasteiger partial charge on any atom is -0.462 e. The molecule has 0 aromatic carbocycles. The van der Waals surface area contributed by atoms with E-state index in [1.165, 1.54) is 0 Å². The van der Waals surface area contributed by atoms with E-state index in [-0.39, 0.29) is 12.6 Å². The fourth-order valence-corrected chi connectivity index (χ4v) is 0.868. The van der Waals surface area contributed by atoms with Gasteiger partial charge in [-0.2, -0.15) is 12.6 Å². The Kier molecular flexibility index (Phi) is 7.23. The molecule has 0 rings (SSSR count). The molecule has 2 N–H and O–H groups in total. The number of nitrogens with two attached hydrogens (primary N) is 1. The Hall–Kier alpha value is -0.260. The molecule has 12 heavy (non-hydrogen) atoms. The SMILES string of the molecule is COCCOC(=O)C(N)CCS. The molecule has 0 bridgehead atoms. The van der Waals surface area contributed by atoms with Crippen LogP contribution in [-0.4, -0.2) is 38.1 Å². The number of esters is 1. The third-order valence-electron chi connectivity index (χ3n) is 1.27. The molecule has 0 aromatic heterocycles. The third-order valence-corrected chi connectivity index (χ3v) is 1.53. The first-order valence-corrected chi connectivity index (χ1v) is 4.37. The first-order chi connectivity index (χ1) is 5.72. The predicted octanol–water partition coefficient (Wildman–Crippen LogP) is -0.177. The van der Waals surface area contributed by atoms with Gasteiger partial charge in [0.05, 0.1) is 6.61 Å². The summed E-state index contributed by atoms with van der Waals surface area (Å²) in [5.74, 6) is 0.196. The summed E-state index contributed by atoms with van der Waals surface area (Å²) >= 11 is 3.95. The monoisotopic (exact) mass is 193 g/mol. The maximum atomic E-state index is 11.0. The second kappa shape index (κ2) is 7.39. The zero-order valence-electron chi connectivity index (χ0n) is 7.16. The molecule has 0 aliphatic heterocycles. The highest BCUT2D eigenvalue weighted by atomic mass is 32.1. The van der Waals surface area contributed by atoms with E-state index in [0.717, 1.165) is 0 Å². The van der Waals surface area contributed by atoms with Gasteiger partial charge in [-0.25, -0.2) is 0 Å². The van der Waals surface area contributed by atoms with E-state index in [9.17, 15) is 4.79 Å². The Balaban J connectivity index is 3.43. The molecule has 1 unspecified atom stereocenters. The second-order valence-corrected chi connectivity index (χ2v) is 2.73. The Morgan fingerprint density at radius 3 is 2.75 bits per heavy atom. The third kappa shape index (κ3) is 5.40. The van der Waals surface area contributed by atoms with Gasteiger partial charge in [-0.05, 0) is 12.2 Å². The summed E-state index contributed by atoms with van der Waals surface area (Å²) in [4.78, 5) is 11.0. The Bertz CT molecular complexity index is 132. The summed E-state index contributed by atoms with van der Waals surface area (Å²) in [6.45, 7) is 0.662. The summed E-state index contributed by atoms with van der Waals surface area (Å²) in [5, 5.41) is 0. The van der Waals surface area contributed by atoms with Crippen molar-refractivity contribution in [1.29, 1.82) is 0 Å². The summed E-state index contributed by atoms with van der Waals surface area (Å²) in [6.07, 6.45) is 0.537. The van der Waals surface area contributed by atoms with Crippen molar-refractivity contribution in [2.24, 2.45) is 5.73 Å². The number of rotatable bonds is 6. The smallest absolute Gasteiger partial charge is 0.323 e. The first kappa shape index (κ1) is 11.7. The van der Waals surface area contributed by atoms with Crippen LogP contribution in [0.25, 0.3) is 0 Å². The molecule has 0 fully saturated rings. The largest absolute Gasteiger partial charge is 0.462 e. The number of thiol groups is 1. The van der Waals surface area contributed by atoms with Gasteiger partial charge in [-0.15, -0.1) is 0 Å². The van der Waals surface area contributed by atoms with E-state index in [1.807, 2.05) is 0 Å². The Morgan fingerprint density at radius 2 is 2.25 bits per heavy atom. The van der Waals surface area contributed by atoms with Crippen molar-refractivity contribution in [3.05, 3.63) is 0 Å².